The Balaban J connectivity index is 3.83. The molecule has 0 aliphatic heterocycles. The number of carbonyl (C=O) groups is 1. The van der Waals surface area contributed by atoms with Gasteiger partial charge in [0, 0.05) is 12.5 Å². The van der Waals surface area contributed by atoms with Gasteiger partial charge in [-0.2, -0.15) is 0 Å². The van der Waals surface area contributed by atoms with E-state index in [-0.39, 0.29) is 17.6 Å². The van der Waals surface area contributed by atoms with Gasteiger partial charge < -0.3 is 5.32 Å². The summed E-state index contributed by atoms with van der Waals surface area (Å²) in [6, 6.07) is 0. The van der Waals surface area contributed by atoms with Crippen LogP contribution in [0.15, 0.2) is 0 Å². The average molecular weight is 264 g/mol. The van der Waals surface area contributed by atoms with E-state index in [4.69, 9.17) is 5.14 Å². The lowest BCUT2D eigenvalue weighted by Crippen LogP contribution is -2.32. The molecule has 0 bridgehead atoms. The van der Waals surface area contributed by atoms with Crippen molar-refractivity contribution in [2.75, 3.05) is 12.3 Å². The molecule has 0 aromatic rings. The minimum atomic E-state index is -3.41. The molecule has 0 aliphatic rings. The number of hydrogen-bond acceptors (Lipinski definition) is 3. The molecule has 3 N–H and O–H groups in total. The molecule has 5 nitrogen and oxygen atoms in total. The van der Waals surface area contributed by atoms with Gasteiger partial charge in [-0.15, -0.1) is 0 Å². The second-order valence-corrected chi connectivity index (χ2v) is 5.99. The van der Waals surface area contributed by atoms with Crippen molar-refractivity contribution < 1.29 is 13.2 Å². The number of rotatable bonds is 9. The number of unbranched alkanes of at least 4 members (excludes halogenated alkanes) is 1. The molecule has 0 rings (SSSR count). The van der Waals surface area contributed by atoms with Crippen molar-refractivity contribution in [1.82, 2.24) is 5.32 Å². The van der Waals surface area contributed by atoms with Crippen LogP contribution in [0.4, 0.5) is 0 Å². The number of amides is 1. The predicted octanol–water partition coefficient (Wildman–Crippen LogP) is 0.998. The molecule has 102 valence electrons. The molecule has 0 radical (unpaired) electrons. The Labute approximate surface area is 104 Å². The van der Waals surface area contributed by atoms with Gasteiger partial charge in [-0.1, -0.05) is 26.7 Å². The Morgan fingerprint density at radius 3 is 2.41 bits per heavy atom. The Hall–Kier alpha value is -0.620. The first-order chi connectivity index (χ1) is 7.90. The van der Waals surface area contributed by atoms with Crippen LogP contribution < -0.4 is 10.5 Å². The molecule has 0 aromatic heterocycles. The number of carbonyl (C=O) groups excluding carboxylic acids is 1. The Morgan fingerprint density at radius 2 is 1.94 bits per heavy atom. The van der Waals surface area contributed by atoms with Gasteiger partial charge in [0.25, 0.3) is 0 Å². The van der Waals surface area contributed by atoms with E-state index in [1.807, 2.05) is 6.92 Å². The lowest BCUT2D eigenvalue weighted by atomic mass is 9.98. The number of nitrogens with two attached hydrogens (primary N) is 1. The third-order valence-corrected chi connectivity index (χ3v) is 3.53. The first kappa shape index (κ1) is 16.4. The number of nitrogens with one attached hydrogen (secondary N) is 1. The predicted molar refractivity (Wildman–Crippen MR) is 68.9 cm³/mol. The zero-order valence-electron chi connectivity index (χ0n) is 10.7. The largest absolute Gasteiger partial charge is 0.356 e. The molecule has 0 aliphatic carbocycles. The smallest absolute Gasteiger partial charge is 0.223 e. The van der Waals surface area contributed by atoms with Crippen LogP contribution in [-0.4, -0.2) is 26.6 Å². The summed E-state index contributed by atoms with van der Waals surface area (Å²) in [5, 5.41) is 7.62. The molecule has 1 atom stereocenters. The van der Waals surface area contributed by atoms with Crippen molar-refractivity contribution in [3.8, 4) is 0 Å². The molecule has 6 heteroatoms. The highest BCUT2D eigenvalue weighted by atomic mass is 32.2. The van der Waals surface area contributed by atoms with E-state index in [0.717, 1.165) is 25.7 Å². The van der Waals surface area contributed by atoms with Crippen LogP contribution in [0.1, 0.15) is 46.0 Å². The van der Waals surface area contributed by atoms with Gasteiger partial charge in [0.15, 0.2) is 0 Å². The fraction of sp³-hybridized carbons (Fsp3) is 0.909. The van der Waals surface area contributed by atoms with Gasteiger partial charge in [-0.3, -0.25) is 4.79 Å². The monoisotopic (exact) mass is 264 g/mol. The number of sulfonamides is 1. The molecular formula is C11H24N2O3S. The van der Waals surface area contributed by atoms with Gasteiger partial charge in [-0.25, -0.2) is 13.6 Å². The molecule has 0 spiro atoms. The summed E-state index contributed by atoms with van der Waals surface area (Å²) in [6.07, 6.45) is 4.21. The zero-order valence-corrected chi connectivity index (χ0v) is 11.6. The van der Waals surface area contributed by atoms with Crippen LogP contribution in [0.2, 0.25) is 0 Å². The normalized spacial score (nSPS) is 13.4. The second-order valence-electron chi connectivity index (χ2n) is 4.26. The fourth-order valence-corrected chi connectivity index (χ4v) is 2.15. The lowest BCUT2D eigenvalue weighted by molar-refractivity contribution is -0.125. The van der Waals surface area contributed by atoms with E-state index in [1.54, 1.807) is 0 Å². The highest BCUT2D eigenvalue weighted by molar-refractivity contribution is 7.89. The second kappa shape index (κ2) is 8.47. The van der Waals surface area contributed by atoms with Crippen molar-refractivity contribution in [3.63, 3.8) is 0 Å². The van der Waals surface area contributed by atoms with E-state index in [0.29, 0.717) is 13.0 Å². The maximum Gasteiger partial charge on any atom is 0.223 e. The SMILES string of the molecule is CCCCC(CC)C(=O)NCCCS(N)(=O)=O. The molecule has 0 saturated heterocycles. The van der Waals surface area contributed by atoms with Gasteiger partial charge in [0.1, 0.15) is 0 Å². The van der Waals surface area contributed by atoms with E-state index in [1.165, 1.54) is 0 Å². The highest BCUT2D eigenvalue weighted by Crippen LogP contribution is 2.12. The van der Waals surface area contributed by atoms with E-state index >= 15 is 0 Å². The van der Waals surface area contributed by atoms with Crippen LogP contribution in [0, 0.1) is 5.92 Å². The summed E-state index contributed by atoms with van der Waals surface area (Å²) in [7, 11) is -3.41. The highest BCUT2D eigenvalue weighted by Gasteiger charge is 2.15. The number of hydrogen-bond donors (Lipinski definition) is 2. The first-order valence-corrected chi connectivity index (χ1v) is 7.90. The Kier molecular flexibility index (Phi) is 8.16. The summed E-state index contributed by atoms with van der Waals surface area (Å²) in [5.74, 6) is -0.0150. The van der Waals surface area contributed by atoms with E-state index in [2.05, 4.69) is 12.2 Å². The minimum Gasteiger partial charge on any atom is -0.356 e. The van der Waals surface area contributed by atoms with Crippen molar-refractivity contribution in [1.29, 1.82) is 0 Å². The molecule has 0 saturated carbocycles. The van der Waals surface area contributed by atoms with E-state index in [9.17, 15) is 13.2 Å². The van der Waals surface area contributed by atoms with Crippen LogP contribution in [0.3, 0.4) is 0 Å². The zero-order chi connectivity index (χ0) is 13.3. The van der Waals surface area contributed by atoms with E-state index < -0.39 is 10.0 Å². The summed E-state index contributed by atoms with van der Waals surface area (Å²) in [5.41, 5.74) is 0. The standard InChI is InChI=1S/C11H24N2O3S/c1-3-5-7-10(4-2)11(14)13-8-6-9-17(12,15)16/h10H,3-9H2,1-2H3,(H,13,14)(H2,12,15,16). The quantitative estimate of drug-likeness (QED) is 0.609. The number of primary sulfonamides is 1. The van der Waals surface area contributed by atoms with Crippen LogP contribution in [0.25, 0.3) is 0 Å². The van der Waals surface area contributed by atoms with Crippen molar-refractivity contribution >= 4 is 15.9 Å². The van der Waals surface area contributed by atoms with Gasteiger partial charge in [-0.05, 0) is 19.3 Å². The third-order valence-electron chi connectivity index (χ3n) is 2.67. The topological polar surface area (TPSA) is 89.3 Å². The molecule has 0 heterocycles. The molecule has 17 heavy (non-hydrogen) atoms. The van der Waals surface area contributed by atoms with Crippen molar-refractivity contribution in [2.45, 2.75) is 46.0 Å². The van der Waals surface area contributed by atoms with Gasteiger partial charge >= 0.3 is 0 Å². The lowest BCUT2D eigenvalue weighted by Gasteiger charge is -2.14. The fourth-order valence-electron chi connectivity index (χ4n) is 1.60. The molecule has 1 unspecified atom stereocenters. The average Bonchev–Trinajstić information content (AvgIpc) is 2.24. The van der Waals surface area contributed by atoms with Gasteiger partial charge in [0.2, 0.25) is 15.9 Å². The van der Waals surface area contributed by atoms with Gasteiger partial charge in [0.05, 0.1) is 5.75 Å². The van der Waals surface area contributed by atoms with Crippen LogP contribution in [0.5, 0.6) is 0 Å². The Bertz CT molecular complexity index is 315. The first-order valence-electron chi connectivity index (χ1n) is 6.18. The minimum absolute atomic E-state index is 0.0235. The molecule has 0 fully saturated rings. The summed E-state index contributed by atoms with van der Waals surface area (Å²) in [6.45, 7) is 4.46. The summed E-state index contributed by atoms with van der Waals surface area (Å²) in [4.78, 5) is 11.7. The third kappa shape index (κ3) is 9.12. The molecule has 0 aromatic carbocycles. The van der Waals surface area contributed by atoms with Crippen molar-refractivity contribution in [3.05, 3.63) is 0 Å². The maximum absolute atomic E-state index is 11.7. The van der Waals surface area contributed by atoms with Crippen LogP contribution in [-0.2, 0) is 14.8 Å². The summed E-state index contributed by atoms with van der Waals surface area (Å²) < 4.78 is 21.3. The van der Waals surface area contributed by atoms with Crippen molar-refractivity contribution in [2.24, 2.45) is 11.1 Å². The Morgan fingerprint density at radius 1 is 1.29 bits per heavy atom. The van der Waals surface area contributed by atoms with Crippen LogP contribution >= 0.6 is 0 Å². The molecular weight excluding hydrogens is 240 g/mol. The maximum atomic E-state index is 11.7. The summed E-state index contributed by atoms with van der Waals surface area (Å²) >= 11 is 0. The molecule has 1 amide bonds.